The molecule has 0 bridgehead atoms. The zero-order valence-electron chi connectivity index (χ0n) is 13.9. The van der Waals surface area contributed by atoms with E-state index in [1.54, 1.807) is 13.1 Å². The molecule has 126 valence electrons. The fourth-order valence-electron chi connectivity index (χ4n) is 2.16. The quantitative estimate of drug-likeness (QED) is 0.674. The van der Waals surface area contributed by atoms with E-state index in [1.807, 2.05) is 43.3 Å². The summed E-state index contributed by atoms with van der Waals surface area (Å²) in [6, 6.07) is 13.4. The summed E-state index contributed by atoms with van der Waals surface area (Å²) in [6.07, 6.45) is 0. The molecule has 1 N–H and O–H groups in total. The van der Waals surface area contributed by atoms with Gasteiger partial charge < -0.3 is 15.1 Å². The van der Waals surface area contributed by atoms with Gasteiger partial charge >= 0.3 is 6.03 Å². The number of nitrogens with zero attached hydrogens (tertiary/aromatic N) is 3. The average molecular weight is 328 g/mol. The Balaban J connectivity index is 1.99. The van der Waals surface area contributed by atoms with E-state index in [-0.39, 0.29) is 11.7 Å². The van der Waals surface area contributed by atoms with Crippen molar-refractivity contribution in [2.75, 3.05) is 31.4 Å². The number of nitrogens with one attached hydrogen (secondary N) is 1. The standard InChI is InChI=1S/C17H20N4O3/c1-19(2)15-9-7-13(8-10-15)12-20(3)17(22)18-14-5-4-6-16(11-14)21(23)24/h4-11H,12H2,1-3H3,(H,18,22). The van der Waals surface area contributed by atoms with E-state index in [4.69, 9.17) is 0 Å². The van der Waals surface area contributed by atoms with Gasteiger partial charge in [0.2, 0.25) is 0 Å². The number of anilines is 2. The van der Waals surface area contributed by atoms with E-state index in [0.717, 1.165) is 11.3 Å². The summed E-state index contributed by atoms with van der Waals surface area (Å²) in [6.45, 7) is 0.439. The van der Waals surface area contributed by atoms with E-state index in [9.17, 15) is 14.9 Å². The van der Waals surface area contributed by atoms with Crippen LogP contribution in [0.25, 0.3) is 0 Å². The van der Waals surface area contributed by atoms with E-state index >= 15 is 0 Å². The topological polar surface area (TPSA) is 78.7 Å². The molecule has 0 aliphatic heterocycles. The molecule has 2 amide bonds. The Morgan fingerprint density at radius 2 is 1.79 bits per heavy atom. The lowest BCUT2D eigenvalue weighted by atomic mass is 10.2. The van der Waals surface area contributed by atoms with Crippen molar-refractivity contribution in [3.63, 3.8) is 0 Å². The van der Waals surface area contributed by atoms with Crippen LogP contribution in [-0.4, -0.2) is 37.0 Å². The lowest BCUT2D eigenvalue weighted by Gasteiger charge is -2.19. The van der Waals surface area contributed by atoms with Crippen LogP contribution in [0, 0.1) is 10.1 Å². The molecule has 0 unspecified atom stereocenters. The van der Waals surface area contributed by atoms with Gasteiger partial charge in [0.25, 0.3) is 5.69 Å². The molecule has 0 aromatic heterocycles. The molecule has 2 rings (SSSR count). The van der Waals surface area contributed by atoms with Crippen LogP contribution in [0.5, 0.6) is 0 Å². The number of non-ortho nitro benzene ring substituents is 1. The maximum atomic E-state index is 12.2. The number of amides is 2. The summed E-state index contributed by atoms with van der Waals surface area (Å²) in [5, 5.41) is 13.4. The molecule has 7 heteroatoms. The van der Waals surface area contributed by atoms with Crippen molar-refractivity contribution in [1.82, 2.24) is 4.90 Å². The number of rotatable bonds is 5. The van der Waals surface area contributed by atoms with E-state index in [0.29, 0.717) is 12.2 Å². The van der Waals surface area contributed by atoms with Gasteiger partial charge in [-0.1, -0.05) is 18.2 Å². The molecule has 0 saturated carbocycles. The predicted octanol–water partition coefficient (Wildman–Crippen LogP) is 3.32. The second-order valence-corrected chi connectivity index (χ2v) is 5.65. The van der Waals surface area contributed by atoms with Gasteiger partial charge in [0.1, 0.15) is 0 Å². The molecule has 0 saturated heterocycles. The lowest BCUT2D eigenvalue weighted by Crippen LogP contribution is -2.30. The van der Waals surface area contributed by atoms with Gasteiger partial charge in [0.15, 0.2) is 0 Å². The largest absolute Gasteiger partial charge is 0.378 e. The molecule has 2 aromatic rings. The van der Waals surface area contributed by atoms with Crippen molar-refractivity contribution in [3.05, 3.63) is 64.2 Å². The number of nitro benzene ring substituents is 1. The molecule has 0 heterocycles. The molecule has 0 aliphatic carbocycles. The Hall–Kier alpha value is -3.09. The number of hydrogen-bond donors (Lipinski definition) is 1. The molecule has 0 radical (unpaired) electrons. The zero-order valence-corrected chi connectivity index (χ0v) is 13.9. The highest BCUT2D eigenvalue weighted by Crippen LogP contribution is 2.18. The molecule has 0 spiro atoms. The summed E-state index contributed by atoms with van der Waals surface area (Å²) in [7, 11) is 5.60. The van der Waals surface area contributed by atoms with Crippen molar-refractivity contribution >= 4 is 23.1 Å². The van der Waals surface area contributed by atoms with Gasteiger partial charge in [-0.2, -0.15) is 0 Å². The van der Waals surface area contributed by atoms with Gasteiger partial charge in [-0.3, -0.25) is 10.1 Å². The number of hydrogen-bond acceptors (Lipinski definition) is 4. The second kappa shape index (κ2) is 7.45. The molecule has 0 atom stereocenters. The molecule has 0 aliphatic rings. The summed E-state index contributed by atoms with van der Waals surface area (Å²) in [4.78, 5) is 26.0. The van der Waals surface area contributed by atoms with Crippen molar-refractivity contribution in [1.29, 1.82) is 0 Å². The fourth-order valence-corrected chi connectivity index (χ4v) is 2.16. The first-order valence-electron chi connectivity index (χ1n) is 7.39. The average Bonchev–Trinajstić information content (AvgIpc) is 2.55. The van der Waals surface area contributed by atoms with Crippen LogP contribution in [0.4, 0.5) is 21.9 Å². The summed E-state index contributed by atoms with van der Waals surface area (Å²) in [5.41, 5.74) is 2.42. The number of carbonyl (C=O) groups excluding carboxylic acids is 1. The summed E-state index contributed by atoms with van der Waals surface area (Å²) < 4.78 is 0. The highest BCUT2D eigenvalue weighted by atomic mass is 16.6. The maximum absolute atomic E-state index is 12.2. The predicted molar refractivity (Wildman–Crippen MR) is 94.4 cm³/mol. The Kier molecular flexibility index (Phi) is 5.36. The van der Waals surface area contributed by atoms with Gasteiger partial charge in [-0.25, -0.2) is 4.79 Å². The first-order chi connectivity index (χ1) is 11.4. The second-order valence-electron chi connectivity index (χ2n) is 5.65. The van der Waals surface area contributed by atoms with Gasteiger partial charge in [-0.15, -0.1) is 0 Å². The fraction of sp³-hybridized carbons (Fsp3) is 0.235. The minimum atomic E-state index is -0.494. The highest BCUT2D eigenvalue weighted by Gasteiger charge is 2.12. The number of nitro groups is 1. The third-order valence-corrected chi connectivity index (χ3v) is 3.53. The molecular formula is C17H20N4O3. The van der Waals surface area contributed by atoms with Crippen LogP contribution < -0.4 is 10.2 Å². The van der Waals surface area contributed by atoms with Crippen molar-refractivity contribution in [2.45, 2.75) is 6.54 Å². The molecular weight excluding hydrogens is 308 g/mol. The maximum Gasteiger partial charge on any atom is 0.321 e. The van der Waals surface area contributed by atoms with E-state index in [2.05, 4.69) is 5.32 Å². The minimum absolute atomic E-state index is 0.0604. The normalized spacial score (nSPS) is 10.1. The first kappa shape index (κ1) is 17.3. The van der Waals surface area contributed by atoms with E-state index < -0.39 is 4.92 Å². The Morgan fingerprint density at radius 3 is 2.38 bits per heavy atom. The first-order valence-corrected chi connectivity index (χ1v) is 7.39. The smallest absolute Gasteiger partial charge is 0.321 e. The third-order valence-electron chi connectivity index (χ3n) is 3.53. The van der Waals surface area contributed by atoms with E-state index in [1.165, 1.54) is 23.1 Å². The van der Waals surface area contributed by atoms with Gasteiger partial charge in [0, 0.05) is 51.2 Å². The zero-order chi connectivity index (χ0) is 17.7. The van der Waals surface area contributed by atoms with Crippen molar-refractivity contribution in [2.24, 2.45) is 0 Å². The number of carbonyl (C=O) groups is 1. The SMILES string of the molecule is CN(Cc1ccc(N(C)C)cc1)C(=O)Nc1cccc([N+](=O)[O-])c1. The van der Waals surface area contributed by atoms with Gasteiger partial charge in [0.05, 0.1) is 4.92 Å². The number of urea groups is 1. The van der Waals surface area contributed by atoms with Crippen LogP contribution in [-0.2, 0) is 6.54 Å². The Labute approximate surface area is 140 Å². The van der Waals surface area contributed by atoms with Crippen LogP contribution >= 0.6 is 0 Å². The van der Waals surface area contributed by atoms with Crippen molar-refractivity contribution in [3.8, 4) is 0 Å². The summed E-state index contributed by atoms with van der Waals surface area (Å²) in [5.74, 6) is 0. The Morgan fingerprint density at radius 1 is 1.12 bits per heavy atom. The van der Waals surface area contributed by atoms with Crippen molar-refractivity contribution < 1.29 is 9.72 Å². The monoisotopic (exact) mass is 328 g/mol. The van der Waals surface area contributed by atoms with Crippen LogP contribution in [0.1, 0.15) is 5.56 Å². The molecule has 2 aromatic carbocycles. The van der Waals surface area contributed by atoms with Crippen LogP contribution in [0.15, 0.2) is 48.5 Å². The third kappa shape index (κ3) is 4.45. The summed E-state index contributed by atoms with van der Waals surface area (Å²) >= 11 is 0. The van der Waals surface area contributed by atoms with Gasteiger partial charge in [-0.05, 0) is 23.8 Å². The molecule has 7 nitrogen and oxygen atoms in total. The highest BCUT2D eigenvalue weighted by molar-refractivity contribution is 5.89. The van der Waals surface area contributed by atoms with Crippen LogP contribution in [0.3, 0.4) is 0 Å². The van der Waals surface area contributed by atoms with Crippen LogP contribution in [0.2, 0.25) is 0 Å². The molecule has 24 heavy (non-hydrogen) atoms. The Bertz CT molecular complexity index is 729. The lowest BCUT2D eigenvalue weighted by molar-refractivity contribution is -0.384. The molecule has 0 fully saturated rings. The minimum Gasteiger partial charge on any atom is -0.378 e. The number of benzene rings is 2.